The maximum Gasteiger partial charge on any atom is 0.123 e. The normalized spacial score (nSPS) is 11.4. The summed E-state index contributed by atoms with van der Waals surface area (Å²) in [5.41, 5.74) is 1.75. The molecule has 0 fully saturated rings. The zero-order chi connectivity index (χ0) is 21.0. The molecule has 2 aromatic rings. The molecular weight excluding hydrogens is 372 g/mol. The molecule has 0 aliphatic rings. The van der Waals surface area contributed by atoms with Crippen LogP contribution in [0.3, 0.4) is 0 Å². The average molecular weight is 405 g/mol. The number of para-hydroxylation sites is 2. The zero-order valence-corrected chi connectivity index (χ0v) is 17.3. The minimum atomic E-state index is -0.356. The van der Waals surface area contributed by atoms with Gasteiger partial charge in [-0.15, -0.1) is 0 Å². The smallest absolute Gasteiger partial charge is 0.123 e. The second kappa shape index (κ2) is 12.4. The molecular formula is C23H32O6. The number of aliphatic hydroxyl groups excluding tert-OH is 2. The molecule has 0 saturated heterocycles. The molecule has 160 valence electrons. The van der Waals surface area contributed by atoms with E-state index in [1.165, 1.54) is 0 Å². The van der Waals surface area contributed by atoms with Gasteiger partial charge in [-0.2, -0.15) is 0 Å². The summed E-state index contributed by atoms with van der Waals surface area (Å²) < 4.78 is 22.5. The lowest BCUT2D eigenvalue weighted by Gasteiger charge is -2.30. The fraction of sp³-hybridized carbons (Fsp3) is 0.478. The summed E-state index contributed by atoms with van der Waals surface area (Å²) in [6.07, 6.45) is 0. The number of rotatable bonds is 14. The number of aliphatic hydroxyl groups is 2. The van der Waals surface area contributed by atoms with E-state index in [9.17, 15) is 0 Å². The lowest BCUT2D eigenvalue weighted by molar-refractivity contribution is 0.0697. The van der Waals surface area contributed by atoms with E-state index in [-0.39, 0.29) is 18.6 Å². The lowest BCUT2D eigenvalue weighted by atomic mass is 9.77. The maximum atomic E-state index is 8.79. The van der Waals surface area contributed by atoms with Crippen molar-refractivity contribution < 1.29 is 29.2 Å². The Morgan fingerprint density at radius 3 is 1.45 bits per heavy atom. The van der Waals surface area contributed by atoms with Crippen LogP contribution in [0.4, 0.5) is 0 Å². The molecule has 0 heterocycles. The molecule has 2 N–H and O–H groups in total. The highest BCUT2D eigenvalue weighted by molar-refractivity contribution is 5.50. The van der Waals surface area contributed by atoms with Gasteiger partial charge in [-0.1, -0.05) is 50.2 Å². The third-order valence-corrected chi connectivity index (χ3v) is 4.56. The first-order chi connectivity index (χ1) is 14.1. The van der Waals surface area contributed by atoms with Crippen molar-refractivity contribution in [3.05, 3.63) is 59.7 Å². The third kappa shape index (κ3) is 7.01. The van der Waals surface area contributed by atoms with Crippen molar-refractivity contribution in [1.29, 1.82) is 0 Å². The molecule has 2 aromatic carbocycles. The van der Waals surface area contributed by atoms with Crippen LogP contribution in [-0.2, 0) is 14.9 Å². The van der Waals surface area contributed by atoms with E-state index >= 15 is 0 Å². The first kappa shape index (κ1) is 23.2. The number of hydrogen-bond acceptors (Lipinski definition) is 6. The molecule has 0 aromatic heterocycles. The van der Waals surface area contributed by atoms with Crippen molar-refractivity contribution in [2.45, 2.75) is 19.3 Å². The van der Waals surface area contributed by atoms with Crippen LogP contribution in [0.25, 0.3) is 0 Å². The Labute approximate surface area is 173 Å². The van der Waals surface area contributed by atoms with Gasteiger partial charge in [0.1, 0.15) is 24.7 Å². The van der Waals surface area contributed by atoms with Crippen LogP contribution in [0, 0.1) is 0 Å². The molecule has 29 heavy (non-hydrogen) atoms. The Kier molecular flexibility index (Phi) is 9.94. The summed E-state index contributed by atoms with van der Waals surface area (Å²) in [6.45, 7) is 6.57. The molecule has 0 atom stereocenters. The van der Waals surface area contributed by atoms with Crippen molar-refractivity contribution in [2.24, 2.45) is 0 Å². The van der Waals surface area contributed by atoms with Crippen molar-refractivity contribution in [3.8, 4) is 11.5 Å². The lowest BCUT2D eigenvalue weighted by Crippen LogP contribution is -2.22. The van der Waals surface area contributed by atoms with Gasteiger partial charge in [0.15, 0.2) is 0 Å². The van der Waals surface area contributed by atoms with Crippen LogP contribution in [0.2, 0.25) is 0 Å². The molecule has 6 heteroatoms. The summed E-state index contributed by atoms with van der Waals surface area (Å²) in [5, 5.41) is 17.6. The monoisotopic (exact) mass is 404 g/mol. The fourth-order valence-electron chi connectivity index (χ4n) is 3.12. The van der Waals surface area contributed by atoms with Gasteiger partial charge in [0.25, 0.3) is 0 Å². The highest BCUT2D eigenvalue weighted by Gasteiger charge is 2.29. The summed E-state index contributed by atoms with van der Waals surface area (Å²) in [7, 11) is 0. The van der Waals surface area contributed by atoms with Crippen molar-refractivity contribution in [2.75, 3.05) is 52.9 Å². The Hall–Kier alpha value is -2.12. The van der Waals surface area contributed by atoms with E-state index in [4.69, 9.17) is 29.2 Å². The van der Waals surface area contributed by atoms with Gasteiger partial charge < -0.3 is 29.2 Å². The fourth-order valence-corrected chi connectivity index (χ4v) is 3.12. The van der Waals surface area contributed by atoms with E-state index in [0.29, 0.717) is 39.6 Å². The van der Waals surface area contributed by atoms with Crippen molar-refractivity contribution in [1.82, 2.24) is 0 Å². The van der Waals surface area contributed by atoms with Crippen LogP contribution in [0.15, 0.2) is 48.5 Å². The first-order valence-electron chi connectivity index (χ1n) is 9.93. The largest absolute Gasteiger partial charge is 0.491 e. The van der Waals surface area contributed by atoms with Gasteiger partial charge in [0.2, 0.25) is 0 Å². The average Bonchev–Trinajstić information content (AvgIpc) is 2.74. The first-order valence-corrected chi connectivity index (χ1v) is 9.93. The van der Waals surface area contributed by atoms with Crippen LogP contribution in [0.1, 0.15) is 25.0 Å². The highest BCUT2D eigenvalue weighted by Crippen LogP contribution is 2.41. The molecule has 0 saturated carbocycles. The second-order valence-corrected chi connectivity index (χ2v) is 6.99. The number of ether oxygens (including phenoxy) is 4. The summed E-state index contributed by atoms with van der Waals surface area (Å²) in [6, 6.07) is 15.9. The predicted molar refractivity (Wildman–Crippen MR) is 112 cm³/mol. The quantitative estimate of drug-likeness (QED) is 0.472. The number of benzene rings is 2. The summed E-state index contributed by atoms with van der Waals surface area (Å²) >= 11 is 0. The van der Waals surface area contributed by atoms with Crippen LogP contribution in [0.5, 0.6) is 11.5 Å². The van der Waals surface area contributed by atoms with E-state index in [1.54, 1.807) is 0 Å². The zero-order valence-electron chi connectivity index (χ0n) is 17.3. The molecule has 0 unspecified atom stereocenters. The van der Waals surface area contributed by atoms with Crippen LogP contribution >= 0.6 is 0 Å². The summed E-state index contributed by atoms with van der Waals surface area (Å²) in [4.78, 5) is 0. The van der Waals surface area contributed by atoms with Gasteiger partial charge in [0, 0.05) is 16.5 Å². The highest BCUT2D eigenvalue weighted by atomic mass is 16.5. The SMILES string of the molecule is CC(C)(c1ccccc1OCCOCCO)c1ccccc1OCCOCCO. The Bertz CT molecular complexity index is 657. The molecule has 0 radical (unpaired) electrons. The van der Waals surface area contributed by atoms with Gasteiger partial charge in [-0.05, 0) is 12.1 Å². The van der Waals surface area contributed by atoms with Crippen LogP contribution < -0.4 is 9.47 Å². The molecule has 6 nitrogen and oxygen atoms in total. The minimum Gasteiger partial charge on any atom is -0.491 e. The Morgan fingerprint density at radius 2 is 1.03 bits per heavy atom. The summed E-state index contributed by atoms with van der Waals surface area (Å²) in [5.74, 6) is 1.59. The topological polar surface area (TPSA) is 77.4 Å². The van der Waals surface area contributed by atoms with E-state index in [0.717, 1.165) is 22.6 Å². The van der Waals surface area contributed by atoms with Gasteiger partial charge in [-0.3, -0.25) is 0 Å². The standard InChI is InChI=1S/C23H32O6/c1-23(2,19-7-3-5-9-21(19)28-17-15-26-13-11-24)20-8-4-6-10-22(20)29-18-16-27-14-12-25/h3-10,24-25H,11-18H2,1-2H3. The molecule has 0 aliphatic carbocycles. The number of hydrogen-bond donors (Lipinski definition) is 2. The second-order valence-electron chi connectivity index (χ2n) is 6.99. The molecule has 0 spiro atoms. The van der Waals surface area contributed by atoms with Crippen molar-refractivity contribution >= 4 is 0 Å². The van der Waals surface area contributed by atoms with Crippen LogP contribution in [-0.4, -0.2) is 63.1 Å². The molecule has 0 aliphatic heterocycles. The predicted octanol–water partition coefficient (Wildman–Crippen LogP) is 2.79. The van der Waals surface area contributed by atoms with E-state index in [1.807, 2.05) is 36.4 Å². The Morgan fingerprint density at radius 1 is 0.621 bits per heavy atom. The van der Waals surface area contributed by atoms with Gasteiger partial charge in [-0.25, -0.2) is 0 Å². The van der Waals surface area contributed by atoms with E-state index in [2.05, 4.69) is 26.0 Å². The molecule has 2 rings (SSSR count). The minimum absolute atomic E-state index is 0.00540. The van der Waals surface area contributed by atoms with Gasteiger partial charge in [0.05, 0.1) is 39.6 Å². The molecule has 0 amide bonds. The third-order valence-electron chi connectivity index (χ3n) is 4.56. The van der Waals surface area contributed by atoms with Crippen molar-refractivity contribution in [3.63, 3.8) is 0 Å². The maximum absolute atomic E-state index is 8.79. The van der Waals surface area contributed by atoms with Gasteiger partial charge >= 0.3 is 0 Å². The van der Waals surface area contributed by atoms with E-state index < -0.39 is 0 Å². The Balaban J connectivity index is 2.14. The molecule has 0 bridgehead atoms.